The van der Waals surface area contributed by atoms with Crippen molar-refractivity contribution in [2.75, 3.05) is 6.54 Å². The van der Waals surface area contributed by atoms with Crippen LogP contribution in [0.5, 0.6) is 0 Å². The first-order valence-electron chi connectivity index (χ1n) is 8.00. The van der Waals surface area contributed by atoms with Crippen LogP contribution in [0.2, 0.25) is 5.02 Å². The van der Waals surface area contributed by atoms with Gasteiger partial charge in [0.2, 0.25) is 0 Å². The summed E-state index contributed by atoms with van der Waals surface area (Å²) in [5.74, 6) is 0. The average Bonchev–Trinajstić information content (AvgIpc) is 2.46. The number of nitrogens with one attached hydrogen (secondary N) is 1. The smallest absolute Gasteiger partial charge is 0.0408 e. The lowest BCUT2D eigenvalue weighted by Crippen LogP contribution is -2.16. The Labute approximate surface area is 139 Å². The normalized spacial score (nSPS) is 11.6. The molecule has 0 aromatic heterocycles. The molecule has 2 heteroatoms. The van der Waals surface area contributed by atoms with Gasteiger partial charge in [-0.25, -0.2) is 0 Å². The standard InChI is InChI=1S/C20H26ClN/c1-20(2,3)18-11-9-17(10-12-18)15-22-13-5-7-16-6-4-8-19(21)14-16/h4,6,8-12,14,22H,5,7,13,15H2,1-3H3. The van der Waals surface area contributed by atoms with E-state index in [1.807, 2.05) is 18.2 Å². The van der Waals surface area contributed by atoms with Gasteiger partial charge in [-0.1, -0.05) is 68.8 Å². The first-order valence-corrected chi connectivity index (χ1v) is 8.37. The van der Waals surface area contributed by atoms with Crippen molar-refractivity contribution in [1.29, 1.82) is 0 Å². The molecule has 0 unspecified atom stereocenters. The van der Waals surface area contributed by atoms with Crippen LogP contribution < -0.4 is 5.32 Å². The Morgan fingerprint density at radius 1 is 0.955 bits per heavy atom. The zero-order chi connectivity index (χ0) is 16.0. The fraction of sp³-hybridized carbons (Fsp3) is 0.400. The van der Waals surface area contributed by atoms with Crippen molar-refractivity contribution in [1.82, 2.24) is 5.32 Å². The summed E-state index contributed by atoms with van der Waals surface area (Å²) in [4.78, 5) is 0. The molecule has 0 aliphatic rings. The van der Waals surface area contributed by atoms with E-state index < -0.39 is 0 Å². The summed E-state index contributed by atoms with van der Waals surface area (Å²) in [7, 11) is 0. The molecule has 2 aromatic rings. The van der Waals surface area contributed by atoms with Crippen molar-refractivity contribution in [2.45, 2.75) is 45.6 Å². The van der Waals surface area contributed by atoms with Crippen molar-refractivity contribution < 1.29 is 0 Å². The molecule has 2 rings (SSSR count). The number of aryl methyl sites for hydroxylation is 1. The monoisotopic (exact) mass is 315 g/mol. The minimum absolute atomic E-state index is 0.225. The molecule has 0 radical (unpaired) electrons. The SMILES string of the molecule is CC(C)(C)c1ccc(CNCCCc2cccc(Cl)c2)cc1. The van der Waals surface area contributed by atoms with E-state index in [1.54, 1.807) is 0 Å². The predicted molar refractivity (Wildman–Crippen MR) is 96.6 cm³/mol. The highest BCUT2D eigenvalue weighted by Crippen LogP contribution is 2.22. The maximum Gasteiger partial charge on any atom is 0.0408 e. The largest absolute Gasteiger partial charge is 0.313 e. The van der Waals surface area contributed by atoms with Crippen molar-refractivity contribution in [3.63, 3.8) is 0 Å². The zero-order valence-electron chi connectivity index (χ0n) is 13.8. The molecule has 22 heavy (non-hydrogen) atoms. The van der Waals surface area contributed by atoms with Gasteiger partial charge in [-0.3, -0.25) is 0 Å². The van der Waals surface area contributed by atoms with Crippen molar-refractivity contribution in [3.8, 4) is 0 Å². The fourth-order valence-corrected chi connectivity index (χ4v) is 2.68. The Bertz CT molecular complexity index is 581. The van der Waals surface area contributed by atoms with Gasteiger partial charge in [0.05, 0.1) is 0 Å². The lowest BCUT2D eigenvalue weighted by molar-refractivity contribution is 0.589. The van der Waals surface area contributed by atoms with E-state index >= 15 is 0 Å². The highest BCUT2D eigenvalue weighted by Gasteiger charge is 2.12. The molecule has 0 aliphatic carbocycles. The maximum absolute atomic E-state index is 5.99. The molecule has 0 fully saturated rings. The molecule has 0 heterocycles. The summed E-state index contributed by atoms with van der Waals surface area (Å²) >= 11 is 5.99. The average molecular weight is 316 g/mol. The van der Waals surface area contributed by atoms with Gasteiger partial charge in [-0.15, -0.1) is 0 Å². The molecule has 118 valence electrons. The minimum atomic E-state index is 0.225. The van der Waals surface area contributed by atoms with Crippen LogP contribution in [-0.2, 0) is 18.4 Å². The molecule has 0 amide bonds. The number of hydrogen-bond donors (Lipinski definition) is 1. The molecule has 2 aromatic carbocycles. The molecule has 1 N–H and O–H groups in total. The highest BCUT2D eigenvalue weighted by molar-refractivity contribution is 6.30. The maximum atomic E-state index is 5.99. The second-order valence-corrected chi connectivity index (χ2v) is 7.29. The molecule has 0 aliphatic heterocycles. The van der Waals surface area contributed by atoms with E-state index in [1.165, 1.54) is 16.7 Å². The van der Waals surface area contributed by atoms with Gasteiger partial charge in [0.25, 0.3) is 0 Å². The first kappa shape index (κ1) is 17.1. The lowest BCUT2D eigenvalue weighted by atomic mass is 9.87. The topological polar surface area (TPSA) is 12.0 Å². The summed E-state index contributed by atoms with van der Waals surface area (Å²) in [6.45, 7) is 8.69. The van der Waals surface area contributed by atoms with Crippen molar-refractivity contribution in [2.24, 2.45) is 0 Å². The number of rotatable bonds is 6. The summed E-state index contributed by atoms with van der Waals surface area (Å²) in [5, 5.41) is 4.34. The summed E-state index contributed by atoms with van der Waals surface area (Å²) in [6.07, 6.45) is 2.19. The van der Waals surface area contributed by atoms with Crippen LogP contribution in [0.1, 0.15) is 43.9 Å². The van der Waals surface area contributed by atoms with E-state index in [4.69, 9.17) is 11.6 Å². The van der Waals surface area contributed by atoms with Gasteiger partial charge in [0, 0.05) is 11.6 Å². The lowest BCUT2D eigenvalue weighted by Gasteiger charge is -2.19. The van der Waals surface area contributed by atoms with Crippen LogP contribution in [0.15, 0.2) is 48.5 Å². The quantitative estimate of drug-likeness (QED) is 0.708. The molecule has 1 nitrogen and oxygen atoms in total. The third-order valence-corrected chi connectivity index (χ3v) is 4.09. The van der Waals surface area contributed by atoms with Gasteiger partial charge >= 0.3 is 0 Å². The third kappa shape index (κ3) is 5.47. The van der Waals surface area contributed by atoms with Crippen LogP contribution in [-0.4, -0.2) is 6.54 Å². The summed E-state index contributed by atoms with van der Waals surface area (Å²) in [6, 6.07) is 17.1. The fourth-order valence-electron chi connectivity index (χ4n) is 2.47. The van der Waals surface area contributed by atoms with Crippen molar-refractivity contribution >= 4 is 11.6 Å². The summed E-state index contributed by atoms with van der Waals surface area (Å²) < 4.78 is 0. The van der Waals surface area contributed by atoms with Crippen molar-refractivity contribution in [3.05, 3.63) is 70.2 Å². The highest BCUT2D eigenvalue weighted by atomic mass is 35.5. The second kappa shape index (κ2) is 7.80. The first-order chi connectivity index (χ1) is 10.4. The van der Waals surface area contributed by atoms with Gasteiger partial charge in [-0.2, -0.15) is 0 Å². The van der Waals surface area contributed by atoms with E-state index in [9.17, 15) is 0 Å². The van der Waals surface area contributed by atoms with E-state index in [0.29, 0.717) is 0 Å². The van der Waals surface area contributed by atoms with Crippen LogP contribution >= 0.6 is 11.6 Å². The molecule has 0 bridgehead atoms. The Kier molecular flexibility index (Phi) is 6.05. The zero-order valence-corrected chi connectivity index (χ0v) is 14.6. The molecule has 0 saturated carbocycles. The summed E-state index contributed by atoms with van der Waals surface area (Å²) in [5.41, 5.74) is 4.26. The Balaban J connectivity index is 1.70. The Morgan fingerprint density at radius 3 is 2.32 bits per heavy atom. The Morgan fingerprint density at radius 2 is 1.68 bits per heavy atom. The van der Waals surface area contributed by atoms with Gasteiger partial charge < -0.3 is 5.32 Å². The number of halogens is 1. The molecular weight excluding hydrogens is 290 g/mol. The molecule has 0 spiro atoms. The number of hydrogen-bond acceptors (Lipinski definition) is 1. The van der Waals surface area contributed by atoms with Crippen LogP contribution in [0.4, 0.5) is 0 Å². The van der Waals surface area contributed by atoms with E-state index in [0.717, 1.165) is 31.0 Å². The van der Waals surface area contributed by atoms with Gasteiger partial charge in [0.15, 0.2) is 0 Å². The van der Waals surface area contributed by atoms with Crippen LogP contribution in [0.25, 0.3) is 0 Å². The number of benzene rings is 2. The molecule has 0 atom stereocenters. The van der Waals surface area contributed by atoms with Crippen LogP contribution in [0.3, 0.4) is 0 Å². The second-order valence-electron chi connectivity index (χ2n) is 6.86. The minimum Gasteiger partial charge on any atom is -0.313 e. The van der Waals surface area contributed by atoms with E-state index in [2.05, 4.69) is 56.4 Å². The Hall–Kier alpha value is -1.31. The van der Waals surface area contributed by atoms with Gasteiger partial charge in [-0.05, 0) is 53.6 Å². The molecule has 0 saturated heterocycles. The van der Waals surface area contributed by atoms with Gasteiger partial charge in [0.1, 0.15) is 0 Å². The van der Waals surface area contributed by atoms with E-state index in [-0.39, 0.29) is 5.41 Å². The van der Waals surface area contributed by atoms with Crippen LogP contribution in [0, 0.1) is 0 Å². The molecular formula is C20H26ClN. The third-order valence-electron chi connectivity index (χ3n) is 3.86. The predicted octanol–water partition coefficient (Wildman–Crippen LogP) is 5.36.